The van der Waals surface area contributed by atoms with E-state index in [-0.39, 0.29) is 42.1 Å². The van der Waals surface area contributed by atoms with Crippen LogP contribution in [-0.2, 0) is 9.53 Å². The highest BCUT2D eigenvalue weighted by molar-refractivity contribution is 5.92. The lowest BCUT2D eigenvalue weighted by Crippen LogP contribution is -2.46. The van der Waals surface area contributed by atoms with Gasteiger partial charge >= 0.3 is 0 Å². The van der Waals surface area contributed by atoms with Gasteiger partial charge in [0.05, 0.1) is 12.5 Å². The summed E-state index contributed by atoms with van der Waals surface area (Å²) in [6.07, 6.45) is 3.04. The van der Waals surface area contributed by atoms with Crippen LogP contribution in [0.4, 0.5) is 5.69 Å². The molecule has 5 N–H and O–H groups in total. The van der Waals surface area contributed by atoms with Crippen LogP contribution in [0.2, 0.25) is 0 Å². The molecule has 1 aliphatic heterocycles. The SMILES string of the molecule is COCC(CCN[C@H]1CCCN[C@H]1c1ccccc1)C(=O)Nc1ccccc1.Cl.Cl.O. The summed E-state index contributed by atoms with van der Waals surface area (Å²) in [6, 6.07) is 20.9. The molecule has 0 aromatic heterocycles. The van der Waals surface area contributed by atoms with Crippen LogP contribution in [0.5, 0.6) is 0 Å². The van der Waals surface area contributed by atoms with Crippen LogP contribution in [0.25, 0.3) is 0 Å². The van der Waals surface area contributed by atoms with E-state index in [9.17, 15) is 4.79 Å². The van der Waals surface area contributed by atoms with Crippen LogP contribution < -0.4 is 16.0 Å². The standard InChI is InChI=1S/C23H31N3O2.2ClH.H2O/c1-28-17-19(23(27)26-20-11-6-3-7-12-20)14-16-24-21-13-8-15-25-22(21)18-9-4-2-5-10-18;;;/h2-7,9-12,19,21-22,24-25H,8,13-17H2,1H3,(H,26,27);2*1H;1H2/t19?,21-,22-;;;/m0.../s1. The highest BCUT2D eigenvalue weighted by atomic mass is 35.5. The van der Waals surface area contributed by atoms with Crippen LogP contribution in [-0.4, -0.2) is 44.2 Å². The van der Waals surface area contributed by atoms with Crippen molar-refractivity contribution < 1.29 is 15.0 Å². The number of methoxy groups -OCH3 is 1. The van der Waals surface area contributed by atoms with Crippen LogP contribution in [0.15, 0.2) is 60.7 Å². The Morgan fingerprint density at radius 1 is 1.10 bits per heavy atom. The molecule has 2 aromatic rings. The van der Waals surface area contributed by atoms with Crippen LogP contribution in [0.1, 0.15) is 30.9 Å². The predicted octanol–water partition coefficient (Wildman–Crippen LogP) is 3.38. The zero-order valence-electron chi connectivity index (χ0n) is 17.9. The third-order valence-corrected chi connectivity index (χ3v) is 5.30. The van der Waals surface area contributed by atoms with E-state index in [1.807, 2.05) is 30.3 Å². The molecule has 0 radical (unpaired) electrons. The first kappa shape index (κ1) is 29.3. The van der Waals surface area contributed by atoms with E-state index in [2.05, 4.69) is 46.3 Å². The number of rotatable bonds is 9. The van der Waals surface area contributed by atoms with E-state index < -0.39 is 0 Å². The molecule has 0 aliphatic carbocycles. The second-order valence-electron chi connectivity index (χ2n) is 7.34. The highest BCUT2D eigenvalue weighted by Crippen LogP contribution is 2.23. The van der Waals surface area contributed by atoms with Crippen molar-refractivity contribution in [3.63, 3.8) is 0 Å². The number of halogens is 2. The minimum atomic E-state index is -0.176. The molecule has 1 aliphatic rings. The van der Waals surface area contributed by atoms with Crippen LogP contribution in [0.3, 0.4) is 0 Å². The van der Waals surface area contributed by atoms with Crippen molar-refractivity contribution in [3.05, 3.63) is 66.2 Å². The Balaban J connectivity index is 0.00000300. The Kier molecular flexibility index (Phi) is 15.2. The van der Waals surface area contributed by atoms with Gasteiger partial charge in [-0.3, -0.25) is 4.79 Å². The molecular weight excluding hydrogens is 437 g/mol. The Morgan fingerprint density at radius 3 is 2.39 bits per heavy atom. The first-order chi connectivity index (χ1) is 13.8. The molecule has 1 fully saturated rings. The number of nitrogens with one attached hydrogen (secondary N) is 3. The molecule has 0 bridgehead atoms. The molecular formula is C23H35Cl2N3O3. The molecule has 174 valence electrons. The third-order valence-electron chi connectivity index (χ3n) is 5.30. The number of benzene rings is 2. The number of ether oxygens (including phenoxy) is 1. The first-order valence-corrected chi connectivity index (χ1v) is 10.1. The first-order valence-electron chi connectivity index (χ1n) is 10.1. The second-order valence-corrected chi connectivity index (χ2v) is 7.34. The summed E-state index contributed by atoms with van der Waals surface area (Å²) in [5.74, 6) is -0.166. The maximum atomic E-state index is 12.6. The monoisotopic (exact) mass is 471 g/mol. The molecule has 3 atom stereocenters. The van der Waals surface area contributed by atoms with Gasteiger partial charge in [0.25, 0.3) is 0 Å². The fraction of sp³-hybridized carbons (Fsp3) is 0.435. The van der Waals surface area contributed by atoms with E-state index in [1.54, 1.807) is 7.11 Å². The largest absolute Gasteiger partial charge is 0.412 e. The molecule has 1 amide bonds. The molecule has 1 unspecified atom stereocenters. The summed E-state index contributed by atoms with van der Waals surface area (Å²) < 4.78 is 5.29. The summed E-state index contributed by atoms with van der Waals surface area (Å²) in [6.45, 7) is 2.25. The number of hydrogen-bond acceptors (Lipinski definition) is 4. The maximum absolute atomic E-state index is 12.6. The van der Waals surface area contributed by atoms with Gasteiger partial charge in [-0.15, -0.1) is 24.8 Å². The van der Waals surface area contributed by atoms with Crippen molar-refractivity contribution in [1.82, 2.24) is 10.6 Å². The van der Waals surface area contributed by atoms with Gasteiger partial charge in [-0.2, -0.15) is 0 Å². The van der Waals surface area contributed by atoms with Crippen molar-refractivity contribution in [2.75, 3.05) is 32.1 Å². The molecule has 8 heteroatoms. The topological polar surface area (TPSA) is 93.9 Å². The Labute approximate surface area is 197 Å². The minimum Gasteiger partial charge on any atom is -0.412 e. The lowest BCUT2D eigenvalue weighted by Gasteiger charge is -2.34. The number of hydrogen-bond donors (Lipinski definition) is 3. The summed E-state index contributed by atoms with van der Waals surface area (Å²) in [5, 5.41) is 10.3. The summed E-state index contributed by atoms with van der Waals surface area (Å²) in [7, 11) is 1.65. The van der Waals surface area contributed by atoms with Gasteiger partial charge < -0.3 is 26.2 Å². The average molecular weight is 472 g/mol. The van der Waals surface area contributed by atoms with E-state index in [1.165, 1.54) is 5.56 Å². The molecule has 1 heterocycles. The lowest BCUT2D eigenvalue weighted by molar-refractivity contribution is -0.121. The minimum absolute atomic E-state index is 0. The second kappa shape index (κ2) is 16.0. The van der Waals surface area contributed by atoms with E-state index in [4.69, 9.17) is 4.74 Å². The number of amides is 1. The molecule has 3 rings (SSSR count). The van der Waals surface area contributed by atoms with Crippen molar-refractivity contribution in [1.29, 1.82) is 0 Å². The molecule has 31 heavy (non-hydrogen) atoms. The smallest absolute Gasteiger partial charge is 0.229 e. The quantitative estimate of drug-likeness (QED) is 0.522. The average Bonchev–Trinajstić information content (AvgIpc) is 2.75. The number of carbonyl (C=O) groups excluding carboxylic acids is 1. The Morgan fingerprint density at radius 2 is 1.74 bits per heavy atom. The van der Waals surface area contributed by atoms with E-state index in [0.29, 0.717) is 18.7 Å². The van der Waals surface area contributed by atoms with Gasteiger partial charge in [0.1, 0.15) is 0 Å². The fourth-order valence-electron chi connectivity index (χ4n) is 3.82. The van der Waals surface area contributed by atoms with Crippen LogP contribution in [0, 0.1) is 5.92 Å². The van der Waals surface area contributed by atoms with Gasteiger partial charge in [0.2, 0.25) is 5.91 Å². The lowest BCUT2D eigenvalue weighted by atomic mass is 9.92. The molecule has 0 spiro atoms. The Bertz CT molecular complexity index is 723. The maximum Gasteiger partial charge on any atom is 0.229 e. The van der Waals surface area contributed by atoms with Gasteiger partial charge in [0.15, 0.2) is 0 Å². The highest BCUT2D eigenvalue weighted by Gasteiger charge is 2.26. The number of carbonyl (C=O) groups is 1. The zero-order valence-corrected chi connectivity index (χ0v) is 19.5. The normalized spacial score (nSPS) is 18.5. The molecule has 6 nitrogen and oxygen atoms in total. The number of piperidine rings is 1. The number of anilines is 1. The van der Waals surface area contributed by atoms with Crippen molar-refractivity contribution in [2.24, 2.45) is 5.92 Å². The summed E-state index contributed by atoms with van der Waals surface area (Å²) in [4.78, 5) is 12.6. The third kappa shape index (κ3) is 9.15. The van der Waals surface area contributed by atoms with Crippen molar-refractivity contribution in [2.45, 2.75) is 31.3 Å². The molecule has 2 aromatic carbocycles. The van der Waals surface area contributed by atoms with Gasteiger partial charge in [-0.05, 0) is 50.0 Å². The summed E-state index contributed by atoms with van der Waals surface area (Å²) >= 11 is 0. The predicted molar refractivity (Wildman–Crippen MR) is 131 cm³/mol. The van der Waals surface area contributed by atoms with Gasteiger partial charge in [0, 0.05) is 24.9 Å². The number of para-hydroxylation sites is 1. The van der Waals surface area contributed by atoms with E-state index in [0.717, 1.165) is 38.0 Å². The van der Waals surface area contributed by atoms with Gasteiger partial charge in [-0.1, -0.05) is 48.5 Å². The van der Waals surface area contributed by atoms with Crippen LogP contribution >= 0.6 is 24.8 Å². The molecule has 0 saturated carbocycles. The molecule has 1 saturated heterocycles. The van der Waals surface area contributed by atoms with Crippen molar-refractivity contribution in [3.8, 4) is 0 Å². The zero-order chi connectivity index (χ0) is 19.6. The fourth-order valence-corrected chi connectivity index (χ4v) is 3.82. The summed E-state index contributed by atoms with van der Waals surface area (Å²) in [5.41, 5.74) is 2.14. The van der Waals surface area contributed by atoms with Crippen molar-refractivity contribution >= 4 is 36.4 Å². The van der Waals surface area contributed by atoms with E-state index >= 15 is 0 Å². The van der Waals surface area contributed by atoms with Gasteiger partial charge in [-0.25, -0.2) is 0 Å². The Hall–Kier alpha value is -1.67.